The predicted octanol–water partition coefficient (Wildman–Crippen LogP) is 4.28. The maximum atomic E-state index is 13.8. The average molecular weight is 528 g/mol. The number of alkyl halides is 3. The smallest absolute Gasteiger partial charge is 0.444 e. The van der Waals surface area contributed by atoms with Gasteiger partial charge in [-0.1, -0.05) is 52.0 Å². The minimum Gasteiger partial charge on any atom is -0.444 e. The first-order valence-corrected chi connectivity index (χ1v) is 12.7. The second-order valence-corrected chi connectivity index (χ2v) is 11.3. The fourth-order valence-electron chi connectivity index (χ4n) is 4.50. The zero-order valence-electron chi connectivity index (χ0n) is 22.7. The number of benzene rings is 1. The number of hydrogen-bond acceptors (Lipinski definition) is 5. The number of nitrogens with one attached hydrogen (secondary N) is 2. The zero-order valence-corrected chi connectivity index (χ0v) is 22.7. The summed E-state index contributed by atoms with van der Waals surface area (Å²) in [6.45, 7) is 11.9. The van der Waals surface area contributed by atoms with Crippen LogP contribution >= 0.6 is 0 Å². The van der Waals surface area contributed by atoms with Gasteiger partial charge in [0.1, 0.15) is 11.6 Å². The Morgan fingerprint density at radius 3 is 1.92 bits per heavy atom. The third-order valence-corrected chi connectivity index (χ3v) is 6.30. The fourth-order valence-corrected chi connectivity index (χ4v) is 4.50. The number of hydrogen-bond donors (Lipinski definition) is 2. The third-order valence-electron chi connectivity index (χ3n) is 6.30. The zero-order chi connectivity index (χ0) is 28.1. The second-order valence-electron chi connectivity index (χ2n) is 11.3. The molecule has 0 bridgehead atoms. The second kappa shape index (κ2) is 12.3. The number of Topliss-reactive ketones (excluding diaryl/α,β-unsaturated/α-hetero) is 1. The van der Waals surface area contributed by atoms with Gasteiger partial charge in [0.05, 0.1) is 6.04 Å². The molecule has 1 aromatic rings. The number of rotatable bonds is 10. The fraction of sp³-hybridized carbons (Fsp3) is 0.667. The van der Waals surface area contributed by atoms with Crippen molar-refractivity contribution in [3.63, 3.8) is 0 Å². The van der Waals surface area contributed by atoms with Crippen molar-refractivity contribution in [2.24, 2.45) is 11.8 Å². The summed E-state index contributed by atoms with van der Waals surface area (Å²) in [4.78, 5) is 39.8. The topological polar surface area (TPSA) is 87.7 Å². The number of fused-ring (bicyclic) bond motifs is 1. The monoisotopic (exact) mass is 527 g/mol. The first-order valence-electron chi connectivity index (χ1n) is 12.7. The molecule has 0 spiro atoms. The molecule has 2 N–H and O–H groups in total. The number of carbonyl (C=O) groups excluding carboxylic acids is 3. The van der Waals surface area contributed by atoms with Crippen molar-refractivity contribution in [3.05, 3.63) is 35.4 Å². The van der Waals surface area contributed by atoms with Crippen molar-refractivity contribution in [1.82, 2.24) is 15.5 Å². The van der Waals surface area contributed by atoms with Gasteiger partial charge in [-0.3, -0.25) is 9.59 Å². The maximum absolute atomic E-state index is 13.8. The largest absolute Gasteiger partial charge is 0.451 e. The first-order chi connectivity index (χ1) is 17.0. The van der Waals surface area contributed by atoms with Gasteiger partial charge < -0.3 is 20.3 Å². The van der Waals surface area contributed by atoms with Crippen LogP contribution in [0.2, 0.25) is 0 Å². The van der Waals surface area contributed by atoms with Crippen molar-refractivity contribution in [3.8, 4) is 0 Å². The Morgan fingerprint density at radius 2 is 1.49 bits per heavy atom. The summed E-state index contributed by atoms with van der Waals surface area (Å²) in [6.07, 6.45) is -4.49. The number of alkyl carbamates (subject to hydrolysis) is 1. The minimum absolute atomic E-state index is 0.0134. The molecule has 2 rings (SSSR count). The predicted molar refractivity (Wildman–Crippen MR) is 135 cm³/mol. The van der Waals surface area contributed by atoms with Crippen molar-refractivity contribution in [2.45, 2.75) is 91.2 Å². The van der Waals surface area contributed by atoms with Crippen LogP contribution in [0.25, 0.3) is 0 Å². The molecule has 0 heterocycles. The van der Waals surface area contributed by atoms with E-state index in [1.165, 1.54) is 13.8 Å². The van der Waals surface area contributed by atoms with Gasteiger partial charge >= 0.3 is 12.3 Å². The van der Waals surface area contributed by atoms with E-state index in [2.05, 4.69) is 10.6 Å². The molecule has 2 atom stereocenters. The third kappa shape index (κ3) is 8.72. The van der Waals surface area contributed by atoms with E-state index >= 15 is 0 Å². The molecule has 1 aliphatic carbocycles. The molecular weight excluding hydrogens is 487 g/mol. The van der Waals surface area contributed by atoms with E-state index in [1.807, 2.05) is 24.3 Å². The van der Waals surface area contributed by atoms with Crippen molar-refractivity contribution < 1.29 is 32.3 Å². The number of amides is 2. The molecule has 0 saturated heterocycles. The molecule has 0 aliphatic heterocycles. The number of ether oxygens (including phenoxy) is 1. The summed E-state index contributed by atoms with van der Waals surface area (Å²) < 4.78 is 44.6. The van der Waals surface area contributed by atoms with Crippen LogP contribution in [-0.4, -0.2) is 65.7 Å². The molecule has 1 aliphatic rings. The minimum atomic E-state index is -4.95. The highest BCUT2D eigenvalue weighted by Gasteiger charge is 2.44. The van der Waals surface area contributed by atoms with Gasteiger partial charge in [0, 0.05) is 19.1 Å². The van der Waals surface area contributed by atoms with E-state index in [0.29, 0.717) is 12.8 Å². The number of carbonyl (C=O) groups is 3. The molecule has 10 heteroatoms. The lowest BCUT2D eigenvalue weighted by Crippen LogP contribution is -2.57. The van der Waals surface area contributed by atoms with Gasteiger partial charge in [0.15, 0.2) is 0 Å². The Labute approximate surface area is 217 Å². The van der Waals surface area contributed by atoms with Crippen LogP contribution in [0.1, 0.15) is 59.6 Å². The normalized spacial score (nSPS) is 15.9. The van der Waals surface area contributed by atoms with Gasteiger partial charge in [-0.05, 0) is 56.6 Å². The van der Waals surface area contributed by atoms with Gasteiger partial charge in [0.2, 0.25) is 5.91 Å². The standard InChI is InChI=1S/C27H40F3N3O4/c1-16(2)21(23(34)27(28,29)30)31-12-13-33(20-14-18-10-8-9-11-19(18)15-20)24(35)22(17(3)4)32-25(36)37-26(5,6)7/h8-11,16-17,20-22,31H,12-15H2,1-7H3,(H,32,36)/t21?,22-/m0/s1. The van der Waals surface area contributed by atoms with Crippen LogP contribution in [0.3, 0.4) is 0 Å². The van der Waals surface area contributed by atoms with Crippen LogP contribution < -0.4 is 10.6 Å². The van der Waals surface area contributed by atoms with Crippen LogP contribution in [0.15, 0.2) is 24.3 Å². The van der Waals surface area contributed by atoms with Crippen LogP contribution in [-0.2, 0) is 27.2 Å². The van der Waals surface area contributed by atoms with Gasteiger partial charge in [0.25, 0.3) is 5.78 Å². The van der Waals surface area contributed by atoms with Gasteiger partial charge in [-0.2, -0.15) is 13.2 Å². The Bertz CT molecular complexity index is 932. The van der Waals surface area contributed by atoms with E-state index in [-0.39, 0.29) is 31.0 Å². The lowest BCUT2D eigenvalue weighted by atomic mass is 9.99. The van der Waals surface area contributed by atoms with Crippen molar-refractivity contribution in [1.29, 1.82) is 0 Å². The molecule has 0 aromatic heterocycles. The molecule has 0 saturated carbocycles. The highest BCUT2D eigenvalue weighted by atomic mass is 19.4. The number of nitrogens with zero attached hydrogens (tertiary/aromatic N) is 1. The van der Waals surface area contributed by atoms with Crippen LogP contribution in [0.4, 0.5) is 18.0 Å². The summed E-state index contributed by atoms with van der Waals surface area (Å²) in [5.74, 6) is -3.04. The van der Waals surface area contributed by atoms with Crippen LogP contribution in [0.5, 0.6) is 0 Å². The summed E-state index contributed by atoms with van der Waals surface area (Å²) in [5, 5.41) is 5.40. The van der Waals surface area contributed by atoms with Gasteiger partial charge in [-0.15, -0.1) is 0 Å². The van der Waals surface area contributed by atoms with Crippen molar-refractivity contribution in [2.75, 3.05) is 13.1 Å². The number of halogens is 3. The molecule has 208 valence electrons. The molecule has 37 heavy (non-hydrogen) atoms. The highest BCUT2D eigenvalue weighted by Crippen LogP contribution is 2.27. The molecule has 1 aromatic carbocycles. The highest BCUT2D eigenvalue weighted by molar-refractivity contribution is 5.89. The van der Waals surface area contributed by atoms with Crippen molar-refractivity contribution >= 4 is 17.8 Å². The SMILES string of the molecule is CC(C)C(NCCN(C(=O)[C@@H](NC(=O)OC(C)(C)C)C(C)C)C1Cc2ccccc2C1)C(=O)C(F)(F)F. The molecule has 2 amide bonds. The van der Waals surface area contributed by atoms with E-state index < -0.39 is 41.7 Å². The molecule has 0 fully saturated rings. The lowest BCUT2D eigenvalue weighted by molar-refractivity contribution is -0.174. The van der Waals surface area contributed by atoms with Crippen LogP contribution in [0, 0.1) is 11.8 Å². The summed E-state index contributed by atoms with van der Waals surface area (Å²) >= 11 is 0. The maximum Gasteiger partial charge on any atom is 0.451 e. The first kappa shape index (κ1) is 30.6. The summed E-state index contributed by atoms with van der Waals surface area (Å²) in [5.41, 5.74) is 1.46. The molecule has 0 radical (unpaired) electrons. The lowest BCUT2D eigenvalue weighted by Gasteiger charge is -2.35. The van der Waals surface area contributed by atoms with Gasteiger partial charge in [-0.25, -0.2) is 4.79 Å². The van der Waals surface area contributed by atoms with E-state index in [9.17, 15) is 27.6 Å². The Hall–Kier alpha value is -2.62. The van der Waals surface area contributed by atoms with E-state index in [1.54, 1.807) is 39.5 Å². The molecule has 7 nitrogen and oxygen atoms in total. The summed E-state index contributed by atoms with van der Waals surface area (Å²) in [6, 6.07) is 5.29. The molecule has 1 unspecified atom stereocenters. The molecular formula is C27H40F3N3O4. The van der Waals surface area contributed by atoms with E-state index in [0.717, 1.165) is 11.1 Å². The Kier molecular flexibility index (Phi) is 10.2. The summed E-state index contributed by atoms with van der Waals surface area (Å²) in [7, 11) is 0. The average Bonchev–Trinajstić information content (AvgIpc) is 3.18. The Morgan fingerprint density at radius 1 is 0.973 bits per heavy atom. The Balaban J connectivity index is 2.25. The quantitative estimate of drug-likeness (QED) is 0.474. The van der Waals surface area contributed by atoms with E-state index in [4.69, 9.17) is 4.74 Å². The number of ketones is 1.